The summed E-state index contributed by atoms with van der Waals surface area (Å²) >= 11 is 0. The summed E-state index contributed by atoms with van der Waals surface area (Å²) in [6.45, 7) is 2.02. The molecule has 0 amide bonds. The Bertz CT molecular complexity index is 64.5. The van der Waals surface area contributed by atoms with E-state index in [-0.39, 0.29) is 53.0 Å². The van der Waals surface area contributed by atoms with Crippen LogP contribution < -0.4 is 11.1 Å². The van der Waals surface area contributed by atoms with Crippen LogP contribution in [0.25, 0.3) is 0 Å². The maximum atomic E-state index is 9.65. The van der Waals surface area contributed by atoms with Gasteiger partial charge in [-0.15, -0.1) is 0 Å². The van der Waals surface area contributed by atoms with Crippen molar-refractivity contribution in [2.75, 3.05) is 6.67 Å². The molecule has 0 aromatic carbocycles. The van der Waals surface area contributed by atoms with E-state index >= 15 is 0 Å². The Labute approximate surface area is 87.8 Å². The van der Waals surface area contributed by atoms with E-state index in [2.05, 4.69) is 5.32 Å². The fraction of sp³-hybridized carbons (Fsp3) is 0.750. The van der Waals surface area contributed by atoms with Crippen molar-refractivity contribution in [3.05, 3.63) is 0 Å². The third kappa shape index (κ3) is 7.07. The zero-order valence-electron chi connectivity index (χ0n) is 5.98. The van der Waals surface area contributed by atoms with Crippen LogP contribution >= 0.6 is 0 Å². The summed E-state index contributed by atoms with van der Waals surface area (Å²) in [5.74, 6) is 0. The molecule has 3 N–H and O–H groups in total. The summed E-state index contributed by atoms with van der Waals surface area (Å²) in [4.78, 5) is 9.65. The average molecular weight is 190 g/mol. The molecule has 0 aliphatic heterocycles. The van der Waals surface area contributed by atoms with Gasteiger partial charge in [-0.05, 0) is 0 Å². The van der Waals surface area contributed by atoms with Gasteiger partial charge in [0.05, 0.1) is 0 Å². The second kappa shape index (κ2) is 8.07. The van der Waals surface area contributed by atoms with Gasteiger partial charge in [-0.2, -0.15) is 0 Å². The summed E-state index contributed by atoms with van der Waals surface area (Å²) < 4.78 is 0. The van der Waals surface area contributed by atoms with Gasteiger partial charge >= 0.3 is 45.5 Å². The Morgan fingerprint density at radius 2 is 2.50 bits per heavy atom. The van der Waals surface area contributed by atoms with Gasteiger partial charge in [0.1, 0.15) is 0 Å². The second-order valence-electron chi connectivity index (χ2n) is 1.25. The first kappa shape index (κ1) is 11.8. The number of rotatable bonds is 3. The molecule has 0 aliphatic rings. The van der Waals surface area contributed by atoms with E-state index in [0.29, 0.717) is 6.67 Å². The minimum atomic E-state index is -0.231. The van der Waals surface area contributed by atoms with Crippen LogP contribution in [0, 0.1) is 0 Å². The molecule has 4 heteroatoms. The third-order valence-electron chi connectivity index (χ3n) is 0.601. The van der Waals surface area contributed by atoms with Crippen molar-refractivity contribution in [1.29, 1.82) is 0 Å². The van der Waals surface area contributed by atoms with Crippen LogP contribution in [0.4, 0.5) is 0 Å². The van der Waals surface area contributed by atoms with Crippen LogP contribution in [0.15, 0.2) is 0 Å². The molecule has 0 radical (unpaired) electrons. The largest absolute Gasteiger partial charge is 2.00 e. The molecule has 0 unspecified atom stereocenters. The van der Waals surface area contributed by atoms with Crippen LogP contribution in [0.2, 0.25) is 0 Å². The van der Waals surface area contributed by atoms with Gasteiger partial charge in [0.15, 0.2) is 0 Å². The molecule has 8 heavy (non-hydrogen) atoms. The summed E-state index contributed by atoms with van der Waals surface area (Å²) in [7, 11) is 0. The number of hydrogen-bond donors (Lipinski definition) is 2. The van der Waals surface area contributed by atoms with E-state index in [9.17, 15) is 4.79 Å². The molecule has 0 saturated heterocycles. The molecule has 0 fully saturated rings. The van der Waals surface area contributed by atoms with E-state index in [0.717, 1.165) is 0 Å². The Morgan fingerprint density at radius 1 is 2.00 bits per heavy atom. The Kier molecular flexibility index (Phi) is 11.9. The first-order chi connectivity index (χ1) is 3.31. The molecule has 0 aliphatic carbocycles. The van der Waals surface area contributed by atoms with E-state index in [1.165, 1.54) is 0 Å². The van der Waals surface area contributed by atoms with Gasteiger partial charge in [0.25, 0.3) is 0 Å². The number of hydrogen-bond acceptors (Lipinski definition) is 3. The first-order valence-corrected chi connectivity index (χ1v) is 2.12. The van der Waals surface area contributed by atoms with E-state index < -0.39 is 0 Å². The molecule has 0 heterocycles. The van der Waals surface area contributed by atoms with Crippen LogP contribution in [0.5, 0.6) is 0 Å². The predicted octanol–water partition coefficient (Wildman–Crippen LogP) is -1.28. The molecule has 0 aromatic heterocycles. The van der Waals surface area contributed by atoms with Crippen molar-refractivity contribution in [3.63, 3.8) is 0 Å². The van der Waals surface area contributed by atoms with Crippen molar-refractivity contribution in [3.8, 4) is 0 Å². The molecule has 0 rings (SSSR count). The topological polar surface area (TPSA) is 55.1 Å². The maximum Gasteiger partial charge on any atom is 2.00 e. The summed E-state index contributed by atoms with van der Waals surface area (Å²) in [6.07, 6.45) is 1.72. The van der Waals surface area contributed by atoms with Crippen molar-refractivity contribution in [1.82, 2.24) is 5.32 Å². The number of nitrogens with one attached hydrogen (secondary N) is 1. The smallest absolute Gasteiger partial charge is 1.00 e. The molecule has 44 valence electrons. The van der Waals surface area contributed by atoms with Crippen molar-refractivity contribution < 1.29 is 6.22 Å². The van der Waals surface area contributed by atoms with Gasteiger partial charge < -0.3 is 17.3 Å². The van der Waals surface area contributed by atoms with Crippen LogP contribution in [0.1, 0.15) is 8.35 Å². The van der Waals surface area contributed by atoms with Crippen LogP contribution in [-0.2, 0) is 4.79 Å². The molecule has 0 bridgehead atoms. The predicted molar refractivity (Wildman–Crippen MR) is 34.2 cm³/mol. The normalized spacial score (nSPS) is 11.8. The van der Waals surface area contributed by atoms with Gasteiger partial charge in [-0.3, -0.25) is 0 Å². The quantitative estimate of drug-likeness (QED) is 0.331. The third-order valence-corrected chi connectivity index (χ3v) is 0.601. The van der Waals surface area contributed by atoms with Crippen LogP contribution in [-0.4, -0.2) is 64.5 Å². The second-order valence-corrected chi connectivity index (χ2v) is 1.25. The summed E-state index contributed by atoms with van der Waals surface area (Å²) in [5, 5.41) is 2.65. The van der Waals surface area contributed by atoms with Crippen molar-refractivity contribution >= 4 is 51.8 Å². The molecule has 0 saturated carbocycles. The molecule has 1 atom stereocenters. The fourth-order valence-corrected chi connectivity index (χ4v) is 0.218. The Morgan fingerprint density at radius 3 is 2.62 bits per heavy atom. The molecular weight excluding hydrogens is 180 g/mol. The summed E-state index contributed by atoms with van der Waals surface area (Å²) in [6, 6.07) is -0.231. The van der Waals surface area contributed by atoms with Gasteiger partial charge in [0.2, 0.25) is 0 Å². The molecule has 0 aromatic rings. The minimum absolute atomic E-state index is 0. The Balaban J connectivity index is -0.000000180. The standard InChI is InChI=1S/C4H9N2O.Sr.H/c1-4(2-7)6-3-5;;/h4,6H,3,5H2,1H3;;/q-1;+2;-1/t4-;;/m0../s1. The van der Waals surface area contributed by atoms with Gasteiger partial charge in [0, 0.05) is 6.67 Å². The number of nitrogens with two attached hydrogens (primary N) is 1. The fourth-order valence-electron chi connectivity index (χ4n) is 0.218. The van der Waals surface area contributed by atoms with Crippen molar-refractivity contribution in [2.45, 2.75) is 13.0 Å². The Hall–Kier alpha value is 1.07. The molecular formula is C4H10N2OSr. The maximum absolute atomic E-state index is 9.65. The molecule has 0 spiro atoms. The van der Waals surface area contributed by atoms with Gasteiger partial charge in [-0.25, -0.2) is 6.29 Å². The monoisotopic (exact) mass is 190 g/mol. The van der Waals surface area contributed by atoms with E-state index in [4.69, 9.17) is 5.73 Å². The van der Waals surface area contributed by atoms with E-state index in [1.54, 1.807) is 13.2 Å². The molecule has 3 nitrogen and oxygen atoms in total. The number of carbonyl (C=O) groups excluding carboxylic acids is 1. The SMILES string of the molecule is C[C@@H]([C-]=O)NCN.[H-].[Sr+2]. The zero-order chi connectivity index (χ0) is 5.70. The minimum Gasteiger partial charge on any atom is -1.00 e. The summed E-state index contributed by atoms with van der Waals surface area (Å²) in [5.41, 5.74) is 5.02. The van der Waals surface area contributed by atoms with Crippen molar-refractivity contribution in [2.24, 2.45) is 5.73 Å². The zero-order valence-corrected chi connectivity index (χ0v) is 8.45. The first-order valence-electron chi connectivity index (χ1n) is 2.12. The van der Waals surface area contributed by atoms with Crippen LogP contribution in [0.3, 0.4) is 0 Å². The van der Waals surface area contributed by atoms with Gasteiger partial charge in [-0.1, -0.05) is 13.0 Å². The van der Waals surface area contributed by atoms with E-state index in [1.807, 2.05) is 0 Å². The average Bonchev–Trinajstić information content (AvgIpc) is 1.68.